The lowest BCUT2D eigenvalue weighted by molar-refractivity contribution is -0.141. The topological polar surface area (TPSA) is 101 Å². The van der Waals surface area contributed by atoms with Gasteiger partial charge in [0.1, 0.15) is 5.69 Å². The Morgan fingerprint density at radius 2 is 2.03 bits per heavy atom. The van der Waals surface area contributed by atoms with Crippen molar-refractivity contribution >= 4 is 17.4 Å². The Balaban J connectivity index is 1.69. The summed E-state index contributed by atoms with van der Waals surface area (Å²) in [5, 5.41) is 13.7. The van der Waals surface area contributed by atoms with E-state index in [0.29, 0.717) is 28.7 Å². The van der Waals surface area contributed by atoms with Gasteiger partial charge in [0.2, 0.25) is 5.78 Å². The summed E-state index contributed by atoms with van der Waals surface area (Å²) in [7, 11) is 1.28. The number of esters is 1. The minimum Gasteiger partial charge on any atom is -0.758 e. The zero-order chi connectivity index (χ0) is 22.7. The first-order valence-electron chi connectivity index (χ1n) is 11.0. The molecule has 1 aromatic carbocycles. The van der Waals surface area contributed by atoms with Crippen molar-refractivity contribution in [3.63, 3.8) is 0 Å². The molecule has 32 heavy (non-hydrogen) atoms. The molecule has 2 unspecified atom stereocenters. The number of anilines is 1. The van der Waals surface area contributed by atoms with Crippen LogP contribution in [-0.2, 0) is 9.53 Å². The molecule has 0 radical (unpaired) electrons. The molecule has 2 aromatic rings. The fourth-order valence-electron chi connectivity index (χ4n) is 4.49. The second-order valence-corrected chi connectivity index (χ2v) is 8.06. The molecule has 4 rings (SSSR count). The van der Waals surface area contributed by atoms with E-state index >= 15 is 0 Å². The predicted octanol–water partition coefficient (Wildman–Crippen LogP) is 4.02. The Kier molecular flexibility index (Phi) is 6.60. The predicted molar refractivity (Wildman–Crippen MR) is 118 cm³/mol. The van der Waals surface area contributed by atoms with Gasteiger partial charge in [-0.3, -0.25) is 14.6 Å². The van der Waals surface area contributed by atoms with Crippen molar-refractivity contribution in [2.24, 2.45) is 0 Å². The number of rotatable bonds is 8. The number of methoxy groups -OCH3 is 1. The Bertz CT molecular complexity index is 988. The summed E-state index contributed by atoms with van der Waals surface area (Å²) in [5.41, 5.74) is 0.960. The summed E-state index contributed by atoms with van der Waals surface area (Å²) >= 11 is 0. The summed E-state index contributed by atoms with van der Waals surface area (Å²) in [6.45, 7) is 2.30. The van der Waals surface area contributed by atoms with E-state index < -0.39 is 23.7 Å². The molecule has 8 nitrogen and oxygen atoms in total. The summed E-state index contributed by atoms with van der Waals surface area (Å²) in [4.78, 5) is 29.4. The molecule has 170 valence electrons. The molecular weight excluding hydrogens is 412 g/mol. The van der Waals surface area contributed by atoms with Gasteiger partial charge in [0.15, 0.2) is 11.5 Å². The number of pyridine rings is 1. The van der Waals surface area contributed by atoms with E-state index in [0.717, 1.165) is 25.7 Å². The second-order valence-electron chi connectivity index (χ2n) is 8.06. The van der Waals surface area contributed by atoms with Gasteiger partial charge in [-0.05, 0) is 62.4 Å². The molecule has 2 heterocycles. The fraction of sp³-hybridized carbons (Fsp3) is 0.458. The van der Waals surface area contributed by atoms with Crippen LogP contribution in [0.15, 0.2) is 36.5 Å². The number of fused-ring (bicyclic) bond motifs is 1. The maximum Gasteiger partial charge on any atom is 0.306 e. The number of aromatic nitrogens is 1. The first kappa shape index (κ1) is 22.1. The van der Waals surface area contributed by atoms with Crippen molar-refractivity contribution in [2.75, 3.05) is 18.8 Å². The molecule has 0 saturated heterocycles. The van der Waals surface area contributed by atoms with E-state index in [9.17, 15) is 14.8 Å². The molecule has 0 amide bonds. The average Bonchev–Trinajstić information content (AvgIpc) is 3.40. The standard InChI is InChI=1S/C24H27N2O6/c1-3-31-20-13-15(10-11-19(20)32-16-7-4-5-8-16)17(14-21(27)30-2)23-24(28)22-18(26(23)29)9-6-12-25-22/h6,9-13,16-17,23H,3-5,7-8,14H2,1-2H3/q-1. The first-order chi connectivity index (χ1) is 15.5. The summed E-state index contributed by atoms with van der Waals surface area (Å²) in [5.74, 6) is -0.495. The lowest BCUT2D eigenvalue weighted by Crippen LogP contribution is -2.38. The number of ketones is 1. The number of hydroxylamine groups is 1. The molecule has 8 heteroatoms. The molecular formula is C24H27N2O6-. The average molecular weight is 439 g/mol. The maximum atomic E-state index is 13.1. The van der Waals surface area contributed by atoms with Crippen LogP contribution in [0.3, 0.4) is 0 Å². The van der Waals surface area contributed by atoms with Crippen molar-refractivity contribution < 1.29 is 23.8 Å². The number of hydrogen-bond donors (Lipinski definition) is 0. The Morgan fingerprint density at radius 3 is 2.72 bits per heavy atom. The Hall–Kier alpha value is -3.13. The number of carbonyl (C=O) groups excluding carboxylic acids is 2. The molecule has 1 aromatic heterocycles. The highest BCUT2D eigenvalue weighted by molar-refractivity contribution is 6.10. The SMILES string of the molecule is CCOc1cc(C(CC(=O)OC)C2C(=O)c3ncccc3N2[O-])ccc1OC1CCCC1. The second kappa shape index (κ2) is 9.56. The van der Waals surface area contributed by atoms with E-state index in [4.69, 9.17) is 14.2 Å². The molecule has 1 saturated carbocycles. The van der Waals surface area contributed by atoms with Crippen LogP contribution >= 0.6 is 0 Å². The van der Waals surface area contributed by atoms with E-state index in [1.165, 1.54) is 13.3 Å². The lowest BCUT2D eigenvalue weighted by Gasteiger charge is -2.36. The van der Waals surface area contributed by atoms with Gasteiger partial charge < -0.3 is 24.5 Å². The minimum absolute atomic E-state index is 0.119. The van der Waals surface area contributed by atoms with Gasteiger partial charge in [-0.25, -0.2) is 0 Å². The molecule has 0 spiro atoms. The van der Waals surface area contributed by atoms with Crippen LogP contribution in [0, 0.1) is 5.21 Å². The molecule has 2 aliphatic rings. The zero-order valence-corrected chi connectivity index (χ0v) is 18.3. The van der Waals surface area contributed by atoms with Crippen molar-refractivity contribution in [1.29, 1.82) is 0 Å². The molecule has 0 N–H and O–H groups in total. The van der Waals surface area contributed by atoms with Crippen LogP contribution in [0.5, 0.6) is 11.5 Å². The van der Waals surface area contributed by atoms with Crippen molar-refractivity contribution in [2.45, 2.75) is 57.1 Å². The summed E-state index contributed by atoms with van der Waals surface area (Å²) in [6, 6.07) is 7.40. The first-order valence-corrected chi connectivity index (χ1v) is 11.0. The number of hydrogen-bond acceptors (Lipinski definition) is 8. The zero-order valence-electron chi connectivity index (χ0n) is 18.3. The van der Waals surface area contributed by atoms with Crippen LogP contribution in [0.2, 0.25) is 0 Å². The van der Waals surface area contributed by atoms with E-state index in [1.807, 2.05) is 6.92 Å². The molecule has 0 bridgehead atoms. The van der Waals surface area contributed by atoms with E-state index in [2.05, 4.69) is 4.98 Å². The third-order valence-electron chi connectivity index (χ3n) is 6.07. The highest BCUT2D eigenvalue weighted by Gasteiger charge is 2.41. The van der Waals surface area contributed by atoms with E-state index in [1.54, 1.807) is 30.3 Å². The quantitative estimate of drug-likeness (QED) is 0.569. The third kappa shape index (κ3) is 4.27. The van der Waals surface area contributed by atoms with E-state index in [-0.39, 0.29) is 23.9 Å². The smallest absolute Gasteiger partial charge is 0.306 e. The maximum absolute atomic E-state index is 13.1. The van der Waals surface area contributed by atoms with Gasteiger partial charge in [0, 0.05) is 12.1 Å². The van der Waals surface area contributed by atoms with Gasteiger partial charge in [-0.1, -0.05) is 6.07 Å². The van der Waals surface area contributed by atoms with Crippen molar-refractivity contribution in [1.82, 2.24) is 4.98 Å². The number of nitrogens with zero attached hydrogens (tertiary/aromatic N) is 2. The molecule has 1 fully saturated rings. The molecule has 2 atom stereocenters. The molecule has 1 aliphatic heterocycles. The Morgan fingerprint density at radius 1 is 1.25 bits per heavy atom. The van der Waals surface area contributed by atoms with Crippen LogP contribution in [0.1, 0.15) is 61.0 Å². The summed E-state index contributed by atoms with van der Waals surface area (Å²) in [6.07, 6.45) is 5.80. The van der Waals surface area contributed by atoms with Crippen LogP contribution in [0.4, 0.5) is 5.69 Å². The lowest BCUT2D eigenvalue weighted by atomic mass is 9.86. The highest BCUT2D eigenvalue weighted by Crippen LogP contribution is 2.41. The number of Topliss-reactive ketones (excluding diaryl/α,β-unsaturated/α-hetero) is 1. The van der Waals surface area contributed by atoms with Gasteiger partial charge in [-0.15, -0.1) is 0 Å². The molecule has 1 aliphatic carbocycles. The number of carbonyl (C=O) groups is 2. The van der Waals surface area contributed by atoms with Crippen molar-refractivity contribution in [3.05, 3.63) is 53.0 Å². The van der Waals surface area contributed by atoms with Gasteiger partial charge in [0.05, 0.1) is 38.0 Å². The summed E-state index contributed by atoms with van der Waals surface area (Å²) < 4.78 is 16.8. The number of ether oxygens (including phenoxy) is 3. The van der Waals surface area contributed by atoms with Crippen molar-refractivity contribution in [3.8, 4) is 11.5 Å². The minimum atomic E-state index is -1.12. The van der Waals surface area contributed by atoms with Crippen LogP contribution in [-0.4, -0.2) is 42.6 Å². The normalized spacial score (nSPS) is 19.0. The largest absolute Gasteiger partial charge is 0.758 e. The van der Waals surface area contributed by atoms with Crippen LogP contribution < -0.4 is 14.5 Å². The third-order valence-corrected chi connectivity index (χ3v) is 6.07. The van der Waals surface area contributed by atoms with Gasteiger partial charge in [0.25, 0.3) is 0 Å². The monoisotopic (exact) mass is 439 g/mol. The Labute approximate surface area is 187 Å². The van der Waals surface area contributed by atoms with Gasteiger partial charge in [-0.2, -0.15) is 0 Å². The van der Waals surface area contributed by atoms with Gasteiger partial charge >= 0.3 is 5.97 Å². The highest BCUT2D eigenvalue weighted by atomic mass is 16.5. The fourth-order valence-corrected chi connectivity index (χ4v) is 4.49. The van der Waals surface area contributed by atoms with Crippen LogP contribution in [0.25, 0.3) is 0 Å². The number of benzene rings is 1.